The van der Waals surface area contributed by atoms with Crippen LogP contribution in [0.4, 0.5) is 5.69 Å². The molecule has 0 bridgehead atoms. The number of amides is 1. The van der Waals surface area contributed by atoms with Crippen LogP contribution in [-0.4, -0.2) is 16.0 Å². The van der Waals surface area contributed by atoms with E-state index in [1.165, 1.54) is 12.3 Å². The molecule has 0 aliphatic heterocycles. The topological polar surface area (TPSA) is 80.3 Å². The van der Waals surface area contributed by atoms with Crippen LogP contribution in [0.2, 0.25) is 0 Å². The standard InChI is InChI=1S/C21H13BrIN3O3S/c22-16-6-3-12(23)10-15(16)20-25-17-11-13(4-7-18(17)29-20)24-21(30)26-19(27)8-5-14-2-1-9-28-14/h1-11H,(H2,24,26,27,30)/b8-5+. The summed E-state index contributed by atoms with van der Waals surface area (Å²) in [5.74, 6) is 0.736. The van der Waals surface area contributed by atoms with Gasteiger partial charge in [0.15, 0.2) is 10.7 Å². The van der Waals surface area contributed by atoms with Crippen molar-refractivity contribution < 1.29 is 13.6 Å². The van der Waals surface area contributed by atoms with Crippen molar-refractivity contribution in [2.75, 3.05) is 5.32 Å². The first-order valence-corrected chi connectivity index (χ1v) is 11.0. The van der Waals surface area contributed by atoms with E-state index in [1.807, 2.05) is 18.2 Å². The number of thiocarbonyl (C=S) groups is 1. The predicted octanol–water partition coefficient (Wildman–Crippen LogP) is 5.98. The number of nitrogens with one attached hydrogen (secondary N) is 2. The number of fused-ring (bicyclic) bond motifs is 1. The maximum atomic E-state index is 12.0. The molecule has 2 heterocycles. The van der Waals surface area contributed by atoms with Crippen molar-refractivity contribution in [1.29, 1.82) is 0 Å². The molecule has 0 spiro atoms. The quantitative estimate of drug-likeness (QED) is 0.172. The first kappa shape index (κ1) is 20.8. The highest BCUT2D eigenvalue weighted by atomic mass is 127. The van der Waals surface area contributed by atoms with Crippen LogP contribution < -0.4 is 10.6 Å². The number of oxazole rings is 1. The Hall–Kier alpha value is -2.50. The van der Waals surface area contributed by atoms with Gasteiger partial charge in [0, 0.05) is 19.8 Å². The van der Waals surface area contributed by atoms with Gasteiger partial charge in [-0.3, -0.25) is 10.1 Å². The summed E-state index contributed by atoms with van der Waals surface area (Å²) < 4.78 is 13.0. The van der Waals surface area contributed by atoms with Crippen molar-refractivity contribution in [2.24, 2.45) is 0 Å². The highest BCUT2D eigenvalue weighted by molar-refractivity contribution is 14.1. The van der Waals surface area contributed by atoms with Gasteiger partial charge in [0.25, 0.3) is 0 Å². The van der Waals surface area contributed by atoms with Crippen LogP contribution in [0.5, 0.6) is 0 Å². The number of nitrogens with zero attached hydrogens (tertiary/aromatic N) is 1. The summed E-state index contributed by atoms with van der Waals surface area (Å²) in [6.45, 7) is 0. The highest BCUT2D eigenvalue weighted by Gasteiger charge is 2.13. The van der Waals surface area contributed by atoms with Crippen molar-refractivity contribution >= 4 is 84.6 Å². The second-order valence-corrected chi connectivity index (χ2v) is 8.63. The van der Waals surface area contributed by atoms with Gasteiger partial charge in [-0.15, -0.1) is 0 Å². The second-order valence-electron chi connectivity index (χ2n) is 6.12. The summed E-state index contributed by atoms with van der Waals surface area (Å²) in [5, 5.41) is 5.74. The Morgan fingerprint density at radius 1 is 1.20 bits per heavy atom. The zero-order valence-corrected chi connectivity index (χ0v) is 19.7. The molecule has 4 rings (SSSR count). The highest BCUT2D eigenvalue weighted by Crippen LogP contribution is 2.32. The Bertz CT molecular complexity index is 1270. The minimum absolute atomic E-state index is 0.174. The van der Waals surface area contributed by atoms with E-state index in [9.17, 15) is 4.79 Å². The van der Waals surface area contributed by atoms with Crippen molar-refractivity contribution in [1.82, 2.24) is 10.3 Å². The third-order valence-corrected chi connectivity index (χ3v) is 5.55. The molecule has 2 aromatic carbocycles. The van der Waals surface area contributed by atoms with Gasteiger partial charge in [-0.2, -0.15) is 0 Å². The van der Waals surface area contributed by atoms with E-state index >= 15 is 0 Å². The molecule has 9 heteroatoms. The molecule has 0 fully saturated rings. The molecule has 30 heavy (non-hydrogen) atoms. The van der Waals surface area contributed by atoms with E-state index in [0.29, 0.717) is 28.4 Å². The summed E-state index contributed by atoms with van der Waals surface area (Å²) in [6.07, 6.45) is 4.44. The minimum Gasteiger partial charge on any atom is -0.465 e. The third kappa shape index (κ3) is 4.97. The number of carbonyl (C=O) groups excluding carboxylic acids is 1. The van der Waals surface area contributed by atoms with E-state index in [2.05, 4.69) is 54.1 Å². The summed E-state index contributed by atoms with van der Waals surface area (Å²) >= 11 is 11.0. The number of furan rings is 1. The number of hydrogen-bond donors (Lipinski definition) is 2. The van der Waals surface area contributed by atoms with Gasteiger partial charge >= 0.3 is 0 Å². The molecular weight excluding hydrogens is 581 g/mol. The Morgan fingerprint density at radius 2 is 2.07 bits per heavy atom. The molecule has 0 saturated carbocycles. The van der Waals surface area contributed by atoms with Crippen LogP contribution in [0.3, 0.4) is 0 Å². The average Bonchev–Trinajstić information content (AvgIpc) is 3.37. The van der Waals surface area contributed by atoms with Crippen molar-refractivity contribution in [2.45, 2.75) is 0 Å². The first-order chi connectivity index (χ1) is 14.5. The maximum absolute atomic E-state index is 12.0. The van der Waals surface area contributed by atoms with Gasteiger partial charge in [0.1, 0.15) is 11.3 Å². The van der Waals surface area contributed by atoms with Gasteiger partial charge in [0.05, 0.1) is 11.8 Å². The summed E-state index contributed by atoms with van der Waals surface area (Å²) in [5.41, 5.74) is 2.88. The molecule has 4 aromatic rings. The molecule has 0 unspecified atom stereocenters. The van der Waals surface area contributed by atoms with Gasteiger partial charge < -0.3 is 14.2 Å². The summed E-state index contributed by atoms with van der Waals surface area (Å²) in [4.78, 5) is 16.6. The third-order valence-electron chi connectivity index (χ3n) is 3.98. The zero-order chi connectivity index (χ0) is 21.1. The molecule has 0 atom stereocenters. The average molecular weight is 594 g/mol. The molecule has 0 radical (unpaired) electrons. The zero-order valence-electron chi connectivity index (χ0n) is 15.2. The molecule has 0 saturated heterocycles. The number of hydrogen-bond acceptors (Lipinski definition) is 5. The monoisotopic (exact) mass is 593 g/mol. The van der Waals surface area contributed by atoms with E-state index in [4.69, 9.17) is 21.1 Å². The Morgan fingerprint density at radius 3 is 2.87 bits per heavy atom. The lowest BCUT2D eigenvalue weighted by Gasteiger charge is -2.07. The molecule has 0 aliphatic carbocycles. The van der Waals surface area contributed by atoms with Crippen LogP contribution in [-0.2, 0) is 4.79 Å². The first-order valence-electron chi connectivity index (χ1n) is 8.67. The van der Waals surface area contributed by atoms with E-state index in [0.717, 1.165) is 13.6 Å². The van der Waals surface area contributed by atoms with Crippen molar-refractivity contribution in [3.05, 3.63) is 74.7 Å². The fraction of sp³-hybridized carbons (Fsp3) is 0. The Labute approximate surface area is 199 Å². The molecule has 2 N–H and O–H groups in total. The fourth-order valence-corrected chi connectivity index (χ4v) is 3.77. The van der Waals surface area contributed by atoms with E-state index < -0.39 is 0 Å². The summed E-state index contributed by atoms with van der Waals surface area (Å²) in [7, 11) is 0. The van der Waals surface area contributed by atoms with Crippen LogP contribution in [0.15, 0.2) is 74.2 Å². The molecule has 0 aliphatic rings. The maximum Gasteiger partial charge on any atom is 0.250 e. The fourth-order valence-electron chi connectivity index (χ4n) is 2.64. The smallest absolute Gasteiger partial charge is 0.250 e. The van der Waals surface area contributed by atoms with E-state index in [1.54, 1.807) is 36.4 Å². The van der Waals surface area contributed by atoms with Crippen LogP contribution in [0.1, 0.15) is 5.76 Å². The minimum atomic E-state index is -0.364. The molecule has 1 amide bonds. The lowest BCUT2D eigenvalue weighted by molar-refractivity contribution is -0.115. The van der Waals surface area contributed by atoms with Crippen LogP contribution >= 0.6 is 50.7 Å². The van der Waals surface area contributed by atoms with Crippen LogP contribution in [0, 0.1) is 3.57 Å². The molecular formula is C21H13BrIN3O3S. The largest absolute Gasteiger partial charge is 0.465 e. The number of carbonyl (C=O) groups is 1. The van der Waals surface area contributed by atoms with Crippen molar-refractivity contribution in [3.8, 4) is 11.5 Å². The SMILES string of the molecule is O=C(/C=C/c1ccco1)NC(=S)Nc1ccc2oc(-c3cc(I)ccc3Br)nc2c1. The van der Waals surface area contributed by atoms with Crippen LogP contribution in [0.25, 0.3) is 28.6 Å². The Balaban J connectivity index is 1.46. The number of benzene rings is 2. The number of aromatic nitrogens is 1. The van der Waals surface area contributed by atoms with Gasteiger partial charge in [-0.25, -0.2) is 4.98 Å². The molecule has 6 nitrogen and oxygen atoms in total. The van der Waals surface area contributed by atoms with Gasteiger partial charge in [-0.05, 0) is 105 Å². The number of halogens is 2. The molecule has 150 valence electrons. The predicted molar refractivity (Wildman–Crippen MR) is 132 cm³/mol. The summed E-state index contributed by atoms with van der Waals surface area (Å²) in [6, 6.07) is 14.9. The second kappa shape index (κ2) is 9.11. The van der Waals surface area contributed by atoms with E-state index in [-0.39, 0.29) is 11.0 Å². The number of rotatable bonds is 4. The van der Waals surface area contributed by atoms with Gasteiger partial charge in [0.2, 0.25) is 11.8 Å². The number of anilines is 1. The lowest BCUT2D eigenvalue weighted by Crippen LogP contribution is -2.32. The van der Waals surface area contributed by atoms with Crippen molar-refractivity contribution in [3.63, 3.8) is 0 Å². The Kier molecular flexibility index (Phi) is 6.30. The normalized spacial score (nSPS) is 11.1. The van der Waals surface area contributed by atoms with Gasteiger partial charge in [-0.1, -0.05) is 0 Å². The molecule has 2 aromatic heterocycles. The lowest BCUT2D eigenvalue weighted by atomic mass is 10.2.